The smallest absolute Gasteiger partial charge is 0.183 e. The van der Waals surface area contributed by atoms with Gasteiger partial charge in [-0.05, 0) is 6.92 Å². The molecule has 11 heavy (non-hydrogen) atoms. The molecule has 1 rings (SSSR count). The molecule has 2 unspecified atom stereocenters. The van der Waals surface area contributed by atoms with E-state index in [4.69, 9.17) is 20.4 Å². The summed E-state index contributed by atoms with van der Waals surface area (Å²) < 4.78 is 4.68. The van der Waals surface area contributed by atoms with Crippen molar-refractivity contribution in [2.45, 2.75) is 37.6 Å². The molecule has 1 heterocycles. The number of rotatable bonds is 0. The molecular weight excluding hydrogens is 152 g/mol. The third-order valence-electron chi connectivity index (χ3n) is 1.83. The van der Waals surface area contributed by atoms with E-state index < -0.39 is 30.7 Å². The third kappa shape index (κ3) is 1.52. The van der Waals surface area contributed by atoms with Gasteiger partial charge in [-0.1, -0.05) is 0 Å². The molecule has 0 saturated carbocycles. The van der Waals surface area contributed by atoms with Crippen molar-refractivity contribution in [1.29, 1.82) is 0 Å². The SMILES string of the molecule is C[C@@H]1OC(O)[C@@H](O)C(O)[C@@H]1O. The first-order valence-electron chi connectivity index (χ1n) is 3.41. The Bertz CT molecular complexity index is 125. The predicted molar refractivity (Wildman–Crippen MR) is 34.6 cm³/mol. The summed E-state index contributed by atoms with van der Waals surface area (Å²) in [5, 5.41) is 36.0. The molecule has 5 atom stereocenters. The van der Waals surface area contributed by atoms with Gasteiger partial charge in [0.1, 0.15) is 18.3 Å². The molecule has 66 valence electrons. The molecule has 0 aromatic carbocycles. The summed E-state index contributed by atoms with van der Waals surface area (Å²) in [6.07, 6.45) is -5.99. The molecule has 1 aliphatic rings. The first-order valence-corrected chi connectivity index (χ1v) is 3.41. The predicted octanol–water partition coefficient (Wildman–Crippen LogP) is -2.19. The molecule has 0 aromatic heterocycles. The molecule has 0 radical (unpaired) electrons. The van der Waals surface area contributed by atoms with Crippen LogP contribution in [-0.4, -0.2) is 51.1 Å². The molecule has 0 aliphatic carbocycles. The fraction of sp³-hybridized carbons (Fsp3) is 1.00. The van der Waals surface area contributed by atoms with Gasteiger partial charge in [0.15, 0.2) is 6.29 Å². The largest absolute Gasteiger partial charge is 0.388 e. The second-order valence-corrected chi connectivity index (χ2v) is 2.70. The van der Waals surface area contributed by atoms with E-state index in [9.17, 15) is 0 Å². The van der Waals surface area contributed by atoms with Crippen LogP contribution in [0.2, 0.25) is 0 Å². The Labute approximate surface area is 63.8 Å². The maximum Gasteiger partial charge on any atom is 0.183 e. The first-order chi connectivity index (χ1) is 5.04. The Morgan fingerprint density at radius 1 is 0.909 bits per heavy atom. The molecule has 0 amide bonds. The van der Waals surface area contributed by atoms with E-state index in [-0.39, 0.29) is 0 Å². The van der Waals surface area contributed by atoms with Crippen LogP contribution < -0.4 is 0 Å². The monoisotopic (exact) mass is 164 g/mol. The van der Waals surface area contributed by atoms with E-state index in [1.807, 2.05) is 0 Å². The number of aliphatic hydroxyl groups is 4. The average Bonchev–Trinajstić information content (AvgIpc) is 1.97. The summed E-state index contributed by atoms with van der Waals surface area (Å²) in [5.41, 5.74) is 0. The van der Waals surface area contributed by atoms with Crippen molar-refractivity contribution in [3.63, 3.8) is 0 Å². The van der Waals surface area contributed by atoms with Crippen LogP contribution in [-0.2, 0) is 4.74 Å². The molecule has 1 aliphatic heterocycles. The lowest BCUT2D eigenvalue weighted by Crippen LogP contribution is -2.56. The van der Waals surface area contributed by atoms with Crippen LogP contribution in [0, 0.1) is 0 Å². The minimum Gasteiger partial charge on any atom is -0.388 e. The normalized spacial score (nSPS) is 52.6. The van der Waals surface area contributed by atoms with Crippen molar-refractivity contribution in [3.8, 4) is 0 Å². The highest BCUT2D eigenvalue weighted by Crippen LogP contribution is 2.18. The van der Waals surface area contributed by atoms with E-state index >= 15 is 0 Å². The Morgan fingerprint density at radius 2 is 1.45 bits per heavy atom. The molecule has 1 fully saturated rings. The number of aliphatic hydroxyl groups excluding tert-OH is 4. The molecular formula is C6H12O5. The molecule has 5 heteroatoms. The fourth-order valence-corrected chi connectivity index (χ4v) is 1.03. The van der Waals surface area contributed by atoms with Gasteiger partial charge in [0.25, 0.3) is 0 Å². The molecule has 5 nitrogen and oxygen atoms in total. The fourth-order valence-electron chi connectivity index (χ4n) is 1.03. The van der Waals surface area contributed by atoms with Crippen LogP contribution in [0.5, 0.6) is 0 Å². The summed E-state index contributed by atoms with van der Waals surface area (Å²) in [6.45, 7) is 1.50. The zero-order valence-electron chi connectivity index (χ0n) is 6.08. The standard InChI is InChI=1S/C6H12O5/c1-2-3(7)4(8)5(9)6(10)11-2/h2-10H,1H3/t2-,3+,4?,5-,6?/m0/s1. The van der Waals surface area contributed by atoms with Gasteiger partial charge >= 0.3 is 0 Å². The summed E-state index contributed by atoms with van der Waals surface area (Å²) >= 11 is 0. The Balaban J connectivity index is 2.63. The zero-order chi connectivity index (χ0) is 8.59. The van der Waals surface area contributed by atoms with E-state index in [1.165, 1.54) is 6.92 Å². The van der Waals surface area contributed by atoms with Gasteiger partial charge in [0.2, 0.25) is 0 Å². The zero-order valence-corrected chi connectivity index (χ0v) is 6.08. The molecule has 4 N–H and O–H groups in total. The first kappa shape index (κ1) is 8.89. The summed E-state index contributed by atoms with van der Waals surface area (Å²) in [5.74, 6) is 0. The van der Waals surface area contributed by atoms with Gasteiger partial charge in [-0.3, -0.25) is 0 Å². The van der Waals surface area contributed by atoms with Gasteiger partial charge < -0.3 is 25.2 Å². The van der Waals surface area contributed by atoms with Crippen molar-refractivity contribution in [3.05, 3.63) is 0 Å². The lowest BCUT2D eigenvalue weighted by molar-refractivity contribution is -0.277. The lowest BCUT2D eigenvalue weighted by atomic mass is 10.0. The van der Waals surface area contributed by atoms with Crippen LogP contribution in [0.25, 0.3) is 0 Å². The van der Waals surface area contributed by atoms with E-state index in [0.29, 0.717) is 0 Å². The number of ether oxygens (including phenoxy) is 1. The number of hydrogen-bond donors (Lipinski definition) is 4. The highest BCUT2D eigenvalue weighted by Gasteiger charge is 2.40. The minimum absolute atomic E-state index is 0.664. The van der Waals surface area contributed by atoms with Gasteiger partial charge in [0, 0.05) is 0 Å². The van der Waals surface area contributed by atoms with Crippen LogP contribution in [0.15, 0.2) is 0 Å². The van der Waals surface area contributed by atoms with Gasteiger partial charge in [-0.2, -0.15) is 0 Å². The van der Waals surface area contributed by atoms with E-state index in [0.717, 1.165) is 0 Å². The van der Waals surface area contributed by atoms with Crippen LogP contribution in [0.3, 0.4) is 0 Å². The second-order valence-electron chi connectivity index (χ2n) is 2.70. The van der Waals surface area contributed by atoms with Gasteiger partial charge in [-0.25, -0.2) is 0 Å². The Kier molecular flexibility index (Phi) is 2.46. The van der Waals surface area contributed by atoms with Crippen LogP contribution in [0.1, 0.15) is 6.92 Å². The lowest BCUT2D eigenvalue weighted by Gasteiger charge is -2.36. The van der Waals surface area contributed by atoms with Gasteiger partial charge in [0.05, 0.1) is 6.10 Å². The maximum atomic E-state index is 9.09. The maximum absolute atomic E-state index is 9.09. The molecule has 0 spiro atoms. The van der Waals surface area contributed by atoms with Crippen molar-refractivity contribution >= 4 is 0 Å². The van der Waals surface area contributed by atoms with Crippen molar-refractivity contribution in [2.75, 3.05) is 0 Å². The average molecular weight is 164 g/mol. The van der Waals surface area contributed by atoms with Crippen molar-refractivity contribution in [2.24, 2.45) is 0 Å². The minimum atomic E-state index is -1.43. The summed E-state index contributed by atoms with van der Waals surface area (Å²) in [7, 11) is 0. The summed E-state index contributed by atoms with van der Waals surface area (Å²) in [4.78, 5) is 0. The topological polar surface area (TPSA) is 90.2 Å². The third-order valence-corrected chi connectivity index (χ3v) is 1.83. The van der Waals surface area contributed by atoms with Crippen molar-refractivity contribution < 1.29 is 25.2 Å². The van der Waals surface area contributed by atoms with Crippen molar-refractivity contribution in [1.82, 2.24) is 0 Å². The molecule has 1 saturated heterocycles. The second kappa shape index (κ2) is 3.04. The van der Waals surface area contributed by atoms with E-state index in [1.54, 1.807) is 0 Å². The highest BCUT2D eigenvalue weighted by atomic mass is 16.6. The summed E-state index contributed by atoms with van der Waals surface area (Å²) in [6, 6.07) is 0. The highest BCUT2D eigenvalue weighted by molar-refractivity contribution is 4.86. The van der Waals surface area contributed by atoms with Crippen LogP contribution >= 0.6 is 0 Å². The van der Waals surface area contributed by atoms with Crippen LogP contribution in [0.4, 0.5) is 0 Å². The quantitative estimate of drug-likeness (QED) is 0.326. The van der Waals surface area contributed by atoms with E-state index in [2.05, 4.69) is 4.74 Å². The Hall–Kier alpha value is -0.200. The number of hydrogen-bond acceptors (Lipinski definition) is 5. The molecule has 0 aromatic rings. The Morgan fingerprint density at radius 3 is 2.00 bits per heavy atom. The van der Waals surface area contributed by atoms with Gasteiger partial charge in [-0.15, -0.1) is 0 Å². The molecule has 0 bridgehead atoms.